The SMILES string of the molecule is C=CSC(=NC)c1cccc(CN)c1. The monoisotopic (exact) mass is 206 g/mol. The van der Waals surface area contributed by atoms with Crippen molar-refractivity contribution in [2.24, 2.45) is 10.7 Å². The number of hydrogen-bond acceptors (Lipinski definition) is 3. The first-order chi connectivity index (χ1) is 6.81. The molecule has 0 aliphatic rings. The average molecular weight is 206 g/mol. The van der Waals surface area contributed by atoms with E-state index in [1.165, 1.54) is 11.8 Å². The molecule has 0 radical (unpaired) electrons. The van der Waals surface area contributed by atoms with E-state index < -0.39 is 0 Å². The summed E-state index contributed by atoms with van der Waals surface area (Å²) in [5, 5.41) is 2.74. The van der Waals surface area contributed by atoms with E-state index in [4.69, 9.17) is 5.73 Å². The average Bonchev–Trinajstić information content (AvgIpc) is 2.26. The van der Waals surface area contributed by atoms with E-state index >= 15 is 0 Å². The number of nitrogens with zero attached hydrogens (tertiary/aromatic N) is 1. The van der Waals surface area contributed by atoms with Gasteiger partial charge < -0.3 is 5.73 Å². The van der Waals surface area contributed by atoms with E-state index in [1.807, 2.05) is 18.2 Å². The van der Waals surface area contributed by atoms with Gasteiger partial charge in [0.1, 0.15) is 5.04 Å². The van der Waals surface area contributed by atoms with Gasteiger partial charge >= 0.3 is 0 Å². The molecule has 0 heterocycles. The second kappa shape index (κ2) is 5.62. The Morgan fingerprint density at radius 3 is 3.00 bits per heavy atom. The van der Waals surface area contributed by atoms with E-state index in [0.717, 1.165) is 16.2 Å². The molecule has 0 aromatic heterocycles. The maximum atomic E-state index is 5.57. The van der Waals surface area contributed by atoms with Gasteiger partial charge in [-0.15, -0.1) is 0 Å². The third-order valence-corrected chi connectivity index (χ3v) is 2.62. The van der Waals surface area contributed by atoms with Crippen LogP contribution in [0.4, 0.5) is 0 Å². The first kappa shape index (κ1) is 11.0. The zero-order valence-electron chi connectivity index (χ0n) is 8.23. The third-order valence-electron chi connectivity index (χ3n) is 1.81. The number of aliphatic imine (C=N–C) groups is 1. The Balaban J connectivity index is 2.98. The molecule has 0 amide bonds. The quantitative estimate of drug-likeness (QED) is 0.609. The van der Waals surface area contributed by atoms with E-state index in [-0.39, 0.29) is 0 Å². The van der Waals surface area contributed by atoms with Gasteiger partial charge in [0.25, 0.3) is 0 Å². The maximum Gasteiger partial charge on any atom is 0.101 e. The Morgan fingerprint density at radius 1 is 1.64 bits per heavy atom. The predicted octanol–water partition coefficient (Wildman–Crippen LogP) is 2.40. The molecular weight excluding hydrogens is 192 g/mol. The molecule has 1 aromatic rings. The zero-order valence-corrected chi connectivity index (χ0v) is 9.05. The summed E-state index contributed by atoms with van der Waals surface area (Å²) in [6, 6.07) is 8.08. The van der Waals surface area contributed by atoms with Crippen molar-refractivity contribution in [2.45, 2.75) is 6.54 Å². The molecule has 0 unspecified atom stereocenters. The number of rotatable bonds is 3. The van der Waals surface area contributed by atoms with Gasteiger partial charge in [-0.05, 0) is 17.0 Å². The summed E-state index contributed by atoms with van der Waals surface area (Å²) in [6.45, 7) is 4.23. The number of nitrogens with two attached hydrogens (primary N) is 1. The lowest BCUT2D eigenvalue weighted by atomic mass is 10.1. The highest BCUT2D eigenvalue weighted by molar-refractivity contribution is 8.16. The lowest BCUT2D eigenvalue weighted by molar-refractivity contribution is 1.07. The van der Waals surface area contributed by atoms with Gasteiger partial charge in [0.05, 0.1) is 0 Å². The molecule has 0 aliphatic carbocycles. The highest BCUT2D eigenvalue weighted by atomic mass is 32.2. The van der Waals surface area contributed by atoms with Crippen LogP contribution >= 0.6 is 11.8 Å². The fourth-order valence-corrected chi connectivity index (χ4v) is 1.69. The van der Waals surface area contributed by atoms with Crippen LogP contribution in [0.1, 0.15) is 11.1 Å². The van der Waals surface area contributed by atoms with Gasteiger partial charge in [0.15, 0.2) is 0 Å². The van der Waals surface area contributed by atoms with Crippen LogP contribution in [-0.4, -0.2) is 12.1 Å². The molecule has 0 aliphatic heterocycles. The second-order valence-corrected chi connectivity index (χ2v) is 3.67. The second-order valence-electron chi connectivity index (χ2n) is 2.72. The Labute approximate surface area is 88.9 Å². The smallest absolute Gasteiger partial charge is 0.101 e. The molecule has 0 fully saturated rings. The van der Waals surface area contributed by atoms with Gasteiger partial charge in [0, 0.05) is 19.2 Å². The molecule has 1 aromatic carbocycles. The van der Waals surface area contributed by atoms with E-state index in [1.54, 1.807) is 12.5 Å². The van der Waals surface area contributed by atoms with Crippen LogP contribution in [0.5, 0.6) is 0 Å². The third kappa shape index (κ3) is 2.72. The first-order valence-corrected chi connectivity index (χ1v) is 5.23. The van der Waals surface area contributed by atoms with Crippen molar-refractivity contribution < 1.29 is 0 Å². The molecule has 3 heteroatoms. The topological polar surface area (TPSA) is 38.4 Å². The van der Waals surface area contributed by atoms with Crippen LogP contribution in [0.15, 0.2) is 41.2 Å². The minimum absolute atomic E-state index is 0.559. The van der Waals surface area contributed by atoms with E-state index in [9.17, 15) is 0 Å². The fourth-order valence-electron chi connectivity index (χ4n) is 1.16. The summed E-state index contributed by atoms with van der Waals surface area (Å²) >= 11 is 1.52. The highest BCUT2D eigenvalue weighted by Crippen LogP contribution is 2.15. The Morgan fingerprint density at radius 2 is 2.43 bits per heavy atom. The largest absolute Gasteiger partial charge is 0.326 e. The molecule has 0 saturated carbocycles. The standard InChI is InChI=1S/C11H14N2S/c1-3-14-11(13-2)10-6-4-5-9(7-10)8-12/h3-7H,1,8,12H2,2H3. The normalized spacial score (nSPS) is 11.4. The molecule has 0 atom stereocenters. The zero-order chi connectivity index (χ0) is 10.4. The van der Waals surface area contributed by atoms with Crippen LogP contribution in [0.2, 0.25) is 0 Å². The molecule has 14 heavy (non-hydrogen) atoms. The van der Waals surface area contributed by atoms with Crippen molar-refractivity contribution >= 4 is 16.8 Å². The maximum absolute atomic E-state index is 5.57. The van der Waals surface area contributed by atoms with Gasteiger partial charge in [0.2, 0.25) is 0 Å². The molecule has 74 valence electrons. The number of benzene rings is 1. The molecule has 1 rings (SSSR count). The van der Waals surface area contributed by atoms with Crippen LogP contribution < -0.4 is 5.73 Å². The highest BCUT2D eigenvalue weighted by Gasteiger charge is 2.01. The molecule has 2 nitrogen and oxygen atoms in total. The van der Waals surface area contributed by atoms with Crippen LogP contribution in [0.25, 0.3) is 0 Å². The van der Waals surface area contributed by atoms with Crippen molar-refractivity contribution in [3.05, 3.63) is 47.4 Å². The summed E-state index contributed by atoms with van der Waals surface area (Å²) in [5.41, 5.74) is 7.78. The minimum atomic E-state index is 0.559. The van der Waals surface area contributed by atoms with Gasteiger partial charge in [-0.2, -0.15) is 0 Å². The first-order valence-electron chi connectivity index (χ1n) is 4.35. The molecule has 0 spiro atoms. The lowest BCUT2D eigenvalue weighted by Crippen LogP contribution is -1.99. The van der Waals surface area contributed by atoms with Gasteiger partial charge in [-0.3, -0.25) is 4.99 Å². The summed E-state index contributed by atoms with van der Waals surface area (Å²) in [4.78, 5) is 4.19. The van der Waals surface area contributed by atoms with Crippen molar-refractivity contribution in [1.82, 2.24) is 0 Å². The predicted molar refractivity (Wildman–Crippen MR) is 64.6 cm³/mol. The van der Waals surface area contributed by atoms with Gasteiger partial charge in [-0.25, -0.2) is 0 Å². The molecular formula is C11H14N2S. The number of hydrogen-bond donors (Lipinski definition) is 1. The Bertz CT molecular complexity index is 345. The summed E-state index contributed by atoms with van der Waals surface area (Å²) < 4.78 is 0. The van der Waals surface area contributed by atoms with Crippen LogP contribution in [-0.2, 0) is 6.54 Å². The van der Waals surface area contributed by atoms with E-state index in [2.05, 4.69) is 17.6 Å². The molecule has 2 N–H and O–H groups in total. The minimum Gasteiger partial charge on any atom is -0.326 e. The summed E-state index contributed by atoms with van der Waals surface area (Å²) in [7, 11) is 1.78. The lowest BCUT2D eigenvalue weighted by Gasteiger charge is -2.04. The van der Waals surface area contributed by atoms with Crippen molar-refractivity contribution in [2.75, 3.05) is 7.05 Å². The van der Waals surface area contributed by atoms with Crippen LogP contribution in [0, 0.1) is 0 Å². The summed E-state index contributed by atoms with van der Waals surface area (Å²) in [6.07, 6.45) is 0. The molecule has 0 bridgehead atoms. The fraction of sp³-hybridized carbons (Fsp3) is 0.182. The van der Waals surface area contributed by atoms with Crippen molar-refractivity contribution in [1.29, 1.82) is 0 Å². The van der Waals surface area contributed by atoms with Gasteiger partial charge in [-0.1, -0.05) is 36.5 Å². The Kier molecular flexibility index (Phi) is 4.43. The number of thioether (sulfide) groups is 1. The van der Waals surface area contributed by atoms with Crippen molar-refractivity contribution in [3.63, 3.8) is 0 Å². The summed E-state index contributed by atoms with van der Waals surface area (Å²) in [5.74, 6) is 0. The van der Waals surface area contributed by atoms with E-state index in [0.29, 0.717) is 6.54 Å². The Hall–Kier alpha value is -1.06. The molecule has 0 saturated heterocycles. The van der Waals surface area contributed by atoms with Crippen LogP contribution in [0.3, 0.4) is 0 Å². The van der Waals surface area contributed by atoms with Crippen molar-refractivity contribution in [3.8, 4) is 0 Å².